The Hall–Kier alpha value is -2.88. The van der Waals surface area contributed by atoms with Crippen LogP contribution >= 0.6 is 0 Å². The molecule has 1 unspecified atom stereocenters. The van der Waals surface area contributed by atoms with E-state index in [1.54, 1.807) is 6.92 Å². The van der Waals surface area contributed by atoms with E-state index in [9.17, 15) is 22.8 Å². The summed E-state index contributed by atoms with van der Waals surface area (Å²) < 4.78 is 51.4. The van der Waals surface area contributed by atoms with Crippen LogP contribution in [-0.2, 0) is 20.4 Å². The van der Waals surface area contributed by atoms with Crippen LogP contribution in [0.2, 0.25) is 0 Å². The average molecular weight is 427 g/mol. The van der Waals surface area contributed by atoms with Crippen LogP contribution in [0, 0.1) is 0 Å². The zero-order chi connectivity index (χ0) is 22.3. The third-order valence-electron chi connectivity index (χ3n) is 4.15. The number of aromatic nitrogens is 2. The number of benzene rings is 1. The van der Waals surface area contributed by atoms with Crippen LogP contribution in [0.25, 0.3) is 5.69 Å². The summed E-state index contributed by atoms with van der Waals surface area (Å²) in [6.07, 6.45) is -2.87. The van der Waals surface area contributed by atoms with Crippen LogP contribution < -0.4 is 5.32 Å². The van der Waals surface area contributed by atoms with Crippen molar-refractivity contribution in [2.45, 2.75) is 45.9 Å². The number of ether oxygens (including phenoxy) is 2. The monoisotopic (exact) mass is 427 g/mol. The normalized spacial score (nSPS) is 12.5. The number of hydrogen-bond donors (Lipinski definition) is 1. The van der Waals surface area contributed by atoms with E-state index in [1.807, 2.05) is 6.92 Å². The summed E-state index contributed by atoms with van der Waals surface area (Å²) in [6, 6.07) is 5.60. The number of carbonyl (C=O) groups excluding carboxylic acids is 2. The highest BCUT2D eigenvalue weighted by molar-refractivity contribution is 5.94. The Bertz CT molecular complexity index is 863. The number of anilines is 1. The molecule has 1 amide bonds. The molecule has 0 spiro atoms. The lowest BCUT2D eigenvalue weighted by atomic mass is 10.2. The van der Waals surface area contributed by atoms with Gasteiger partial charge in [0.2, 0.25) is 0 Å². The minimum Gasteiger partial charge on any atom is -0.462 e. The van der Waals surface area contributed by atoms with Crippen LogP contribution in [0.3, 0.4) is 0 Å². The molecule has 1 heterocycles. The highest BCUT2D eigenvalue weighted by Crippen LogP contribution is 2.34. The second-order valence-corrected chi connectivity index (χ2v) is 6.44. The summed E-state index contributed by atoms with van der Waals surface area (Å²) in [4.78, 5) is 24.0. The molecule has 30 heavy (non-hydrogen) atoms. The first-order valence-corrected chi connectivity index (χ1v) is 9.54. The van der Waals surface area contributed by atoms with Crippen molar-refractivity contribution in [3.63, 3.8) is 0 Å². The number of unbranched alkanes of at least 4 members (excludes halogenated alkanes) is 1. The third-order valence-corrected chi connectivity index (χ3v) is 4.15. The number of nitrogens with one attached hydrogen (secondary N) is 1. The Morgan fingerprint density at radius 1 is 1.20 bits per heavy atom. The van der Waals surface area contributed by atoms with Gasteiger partial charge >= 0.3 is 12.1 Å². The molecule has 1 aromatic heterocycles. The summed E-state index contributed by atoms with van der Waals surface area (Å²) in [5, 5.41) is 6.35. The predicted molar refractivity (Wildman–Crippen MR) is 103 cm³/mol. The lowest BCUT2D eigenvalue weighted by Gasteiger charge is -2.14. The molecular formula is C20H24F3N3O4. The first-order valence-electron chi connectivity index (χ1n) is 9.54. The molecule has 2 rings (SSSR count). The van der Waals surface area contributed by atoms with E-state index >= 15 is 0 Å². The average Bonchev–Trinajstić information content (AvgIpc) is 3.14. The fraction of sp³-hybridized carbons (Fsp3) is 0.450. The van der Waals surface area contributed by atoms with Gasteiger partial charge in [-0.2, -0.15) is 18.3 Å². The number of amides is 1. The van der Waals surface area contributed by atoms with E-state index in [2.05, 4.69) is 15.2 Å². The van der Waals surface area contributed by atoms with E-state index in [1.165, 1.54) is 31.2 Å². The van der Waals surface area contributed by atoms with Crippen molar-refractivity contribution >= 4 is 17.6 Å². The molecule has 164 valence electrons. The number of halogens is 3. The topological polar surface area (TPSA) is 82.5 Å². The smallest absolute Gasteiger partial charge is 0.434 e. The Kier molecular flexibility index (Phi) is 7.99. The lowest BCUT2D eigenvalue weighted by Crippen LogP contribution is -2.28. The molecule has 10 heteroatoms. The highest BCUT2D eigenvalue weighted by atomic mass is 19.4. The first-order chi connectivity index (χ1) is 14.2. The number of hydrogen-bond acceptors (Lipinski definition) is 5. The molecule has 0 bridgehead atoms. The van der Waals surface area contributed by atoms with Gasteiger partial charge in [0.25, 0.3) is 5.91 Å². The van der Waals surface area contributed by atoms with Crippen molar-refractivity contribution in [2.75, 3.05) is 18.5 Å². The Morgan fingerprint density at radius 3 is 2.43 bits per heavy atom. The van der Waals surface area contributed by atoms with Crippen molar-refractivity contribution in [1.29, 1.82) is 0 Å². The van der Waals surface area contributed by atoms with Gasteiger partial charge in [0.15, 0.2) is 5.69 Å². The predicted octanol–water partition coefficient (Wildman–Crippen LogP) is 4.21. The largest absolute Gasteiger partial charge is 0.462 e. The van der Waals surface area contributed by atoms with Gasteiger partial charge in [-0.05, 0) is 44.5 Å². The number of esters is 1. The number of carbonyl (C=O) groups is 2. The number of rotatable bonds is 9. The van der Waals surface area contributed by atoms with Crippen molar-refractivity contribution in [3.8, 4) is 5.69 Å². The maximum absolute atomic E-state index is 13.6. The van der Waals surface area contributed by atoms with Gasteiger partial charge in [-0.15, -0.1) is 0 Å². The van der Waals surface area contributed by atoms with E-state index in [0.29, 0.717) is 17.0 Å². The SMILES string of the molecule is CCCCOC(C)C(=O)Nc1ccc(-n2ncc(C(=O)OCC)c2C(F)(F)F)cc1. The quantitative estimate of drug-likeness (QED) is 0.479. The zero-order valence-corrected chi connectivity index (χ0v) is 17.0. The van der Waals surface area contributed by atoms with Crippen molar-refractivity contribution in [2.24, 2.45) is 0 Å². The zero-order valence-electron chi connectivity index (χ0n) is 17.0. The molecule has 0 saturated carbocycles. The van der Waals surface area contributed by atoms with Crippen LogP contribution in [0.4, 0.5) is 18.9 Å². The maximum Gasteiger partial charge on any atom is 0.434 e. The molecule has 0 fully saturated rings. The Labute approximate surface area is 172 Å². The standard InChI is InChI=1S/C20H24F3N3O4/c1-4-6-11-30-13(3)18(27)25-14-7-9-15(10-8-14)26-17(20(21,22)23)16(12-24-26)19(28)29-5-2/h7-10,12-13H,4-6,11H2,1-3H3,(H,25,27). The summed E-state index contributed by atoms with van der Waals surface area (Å²) >= 11 is 0. The van der Waals surface area contributed by atoms with Crippen molar-refractivity contribution < 1.29 is 32.2 Å². The fourth-order valence-corrected chi connectivity index (χ4v) is 2.59. The molecule has 1 aromatic carbocycles. The van der Waals surface area contributed by atoms with Gasteiger partial charge in [0, 0.05) is 12.3 Å². The molecule has 0 aliphatic carbocycles. The van der Waals surface area contributed by atoms with E-state index in [-0.39, 0.29) is 18.2 Å². The van der Waals surface area contributed by atoms with Gasteiger partial charge in [-0.3, -0.25) is 4.79 Å². The highest BCUT2D eigenvalue weighted by Gasteiger charge is 2.41. The van der Waals surface area contributed by atoms with Gasteiger partial charge < -0.3 is 14.8 Å². The first kappa shape index (κ1) is 23.4. The van der Waals surface area contributed by atoms with Crippen LogP contribution in [0.15, 0.2) is 30.5 Å². The third kappa shape index (κ3) is 5.82. The van der Waals surface area contributed by atoms with Crippen LogP contribution in [0.5, 0.6) is 0 Å². The van der Waals surface area contributed by atoms with E-state index < -0.39 is 29.5 Å². The Morgan fingerprint density at radius 2 is 1.87 bits per heavy atom. The fourth-order valence-electron chi connectivity index (χ4n) is 2.59. The molecule has 0 saturated heterocycles. The summed E-state index contributed by atoms with van der Waals surface area (Å²) in [6.45, 7) is 5.53. The Balaban J connectivity index is 2.20. The summed E-state index contributed by atoms with van der Waals surface area (Å²) in [5.41, 5.74) is -1.43. The molecule has 1 atom stereocenters. The van der Waals surface area contributed by atoms with Crippen molar-refractivity contribution in [3.05, 3.63) is 41.7 Å². The minimum absolute atomic E-state index is 0.0592. The molecular weight excluding hydrogens is 403 g/mol. The number of alkyl halides is 3. The van der Waals surface area contributed by atoms with Gasteiger partial charge in [0.1, 0.15) is 11.7 Å². The van der Waals surface area contributed by atoms with Gasteiger partial charge in [-0.1, -0.05) is 13.3 Å². The second kappa shape index (κ2) is 10.2. The lowest BCUT2D eigenvalue weighted by molar-refractivity contribution is -0.143. The molecule has 1 N–H and O–H groups in total. The minimum atomic E-state index is -4.82. The maximum atomic E-state index is 13.6. The van der Waals surface area contributed by atoms with E-state index in [0.717, 1.165) is 19.0 Å². The summed E-state index contributed by atoms with van der Waals surface area (Å²) in [5.74, 6) is -1.46. The molecule has 0 aliphatic heterocycles. The van der Waals surface area contributed by atoms with Crippen LogP contribution in [0.1, 0.15) is 49.7 Å². The summed E-state index contributed by atoms with van der Waals surface area (Å²) in [7, 11) is 0. The van der Waals surface area contributed by atoms with E-state index in [4.69, 9.17) is 4.74 Å². The molecule has 0 radical (unpaired) electrons. The molecule has 0 aliphatic rings. The number of nitrogens with zero attached hydrogens (tertiary/aromatic N) is 2. The van der Waals surface area contributed by atoms with Gasteiger partial charge in [0.05, 0.1) is 18.5 Å². The van der Waals surface area contributed by atoms with Crippen molar-refractivity contribution in [1.82, 2.24) is 9.78 Å². The van der Waals surface area contributed by atoms with Crippen LogP contribution in [-0.4, -0.2) is 41.0 Å². The second-order valence-electron chi connectivity index (χ2n) is 6.44. The van der Waals surface area contributed by atoms with Gasteiger partial charge in [-0.25, -0.2) is 9.48 Å². The molecule has 7 nitrogen and oxygen atoms in total. The molecule has 2 aromatic rings.